The highest BCUT2D eigenvalue weighted by Gasteiger charge is 2.34. The van der Waals surface area contributed by atoms with E-state index in [0.29, 0.717) is 46.7 Å². The molecular formula is C31H29ClFN5O. The van der Waals surface area contributed by atoms with Crippen LogP contribution >= 0.6 is 11.6 Å². The van der Waals surface area contributed by atoms with E-state index in [9.17, 15) is 0 Å². The van der Waals surface area contributed by atoms with Crippen LogP contribution in [0.15, 0.2) is 61.1 Å². The largest absolute Gasteiger partial charge is 0.463 e. The maximum atomic E-state index is 16.4. The molecular weight excluding hydrogens is 513 g/mol. The minimum Gasteiger partial charge on any atom is -0.463 e. The third-order valence-corrected chi connectivity index (χ3v) is 8.49. The molecule has 2 bridgehead atoms. The zero-order valence-electron chi connectivity index (χ0n) is 21.8. The SMILES string of the molecule is Cn1ccc(CCOc2nc(N3CC4CCC(C4)C3)c3cnc(-c4cccc5cccc(Cl)c45)c(F)c3n2)c1. The van der Waals surface area contributed by atoms with Crippen molar-refractivity contribution in [3.63, 3.8) is 0 Å². The van der Waals surface area contributed by atoms with Crippen LogP contribution < -0.4 is 9.64 Å². The Bertz CT molecular complexity index is 1680. The number of rotatable bonds is 6. The van der Waals surface area contributed by atoms with Crippen LogP contribution in [0.3, 0.4) is 0 Å². The predicted octanol–water partition coefficient (Wildman–Crippen LogP) is 6.83. The molecule has 2 unspecified atom stereocenters. The van der Waals surface area contributed by atoms with E-state index in [4.69, 9.17) is 21.3 Å². The monoisotopic (exact) mass is 541 g/mol. The number of aryl methyl sites for hydroxylation is 1. The van der Waals surface area contributed by atoms with Gasteiger partial charge in [-0.2, -0.15) is 9.97 Å². The van der Waals surface area contributed by atoms with Crippen molar-refractivity contribution in [3.8, 4) is 17.3 Å². The van der Waals surface area contributed by atoms with Gasteiger partial charge < -0.3 is 14.2 Å². The molecule has 198 valence electrons. The first-order valence-electron chi connectivity index (χ1n) is 13.6. The fourth-order valence-electron chi connectivity index (χ4n) is 6.36. The van der Waals surface area contributed by atoms with Crippen LogP contribution in [-0.2, 0) is 13.5 Å². The maximum Gasteiger partial charge on any atom is 0.319 e. The van der Waals surface area contributed by atoms with Crippen LogP contribution in [0, 0.1) is 17.7 Å². The molecule has 39 heavy (non-hydrogen) atoms. The van der Waals surface area contributed by atoms with Crippen molar-refractivity contribution in [1.82, 2.24) is 19.5 Å². The normalized spacial score (nSPS) is 18.8. The number of hydrogen-bond acceptors (Lipinski definition) is 5. The molecule has 5 aromatic rings. The summed E-state index contributed by atoms with van der Waals surface area (Å²) in [5.41, 5.74) is 2.25. The predicted molar refractivity (Wildman–Crippen MR) is 153 cm³/mol. The Kier molecular flexibility index (Phi) is 6.11. The topological polar surface area (TPSA) is 56.1 Å². The van der Waals surface area contributed by atoms with E-state index in [0.717, 1.165) is 29.4 Å². The first kappa shape index (κ1) is 24.3. The van der Waals surface area contributed by atoms with Crippen LogP contribution in [0.25, 0.3) is 32.9 Å². The minimum absolute atomic E-state index is 0.193. The van der Waals surface area contributed by atoms with E-state index in [1.165, 1.54) is 19.3 Å². The summed E-state index contributed by atoms with van der Waals surface area (Å²) in [6, 6.07) is 13.6. The van der Waals surface area contributed by atoms with Crippen molar-refractivity contribution in [2.24, 2.45) is 18.9 Å². The summed E-state index contributed by atoms with van der Waals surface area (Å²) in [6.45, 7) is 2.22. The van der Waals surface area contributed by atoms with Crippen LogP contribution in [0.1, 0.15) is 24.8 Å². The second-order valence-electron chi connectivity index (χ2n) is 10.9. The molecule has 0 N–H and O–H groups in total. The van der Waals surface area contributed by atoms with Gasteiger partial charge in [0.25, 0.3) is 0 Å². The Hall–Kier alpha value is -3.71. The molecule has 1 aliphatic carbocycles. The highest BCUT2D eigenvalue weighted by molar-refractivity contribution is 6.36. The average molecular weight is 542 g/mol. The molecule has 0 amide bonds. The fourth-order valence-corrected chi connectivity index (χ4v) is 6.64. The molecule has 0 radical (unpaired) electrons. The van der Waals surface area contributed by atoms with Crippen molar-refractivity contribution >= 4 is 39.1 Å². The van der Waals surface area contributed by atoms with Crippen molar-refractivity contribution in [3.05, 3.63) is 77.5 Å². The number of nitrogens with zero attached hydrogens (tertiary/aromatic N) is 5. The molecule has 4 heterocycles. The van der Waals surface area contributed by atoms with Gasteiger partial charge in [-0.1, -0.05) is 41.9 Å². The van der Waals surface area contributed by atoms with E-state index in [2.05, 4.69) is 27.1 Å². The first-order valence-corrected chi connectivity index (χ1v) is 13.9. The lowest BCUT2D eigenvalue weighted by Crippen LogP contribution is -2.37. The molecule has 3 aromatic heterocycles. The first-order chi connectivity index (χ1) is 19.0. The van der Waals surface area contributed by atoms with Gasteiger partial charge in [0.1, 0.15) is 17.0 Å². The summed E-state index contributed by atoms with van der Waals surface area (Å²) in [5.74, 6) is 1.51. The second-order valence-corrected chi connectivity index (χ2v) is 11.3. The molecule has 7 rings (SSSR count). The van der Waals surface area contributed by atoms with Crippen molar-refractivity contribution in [2.75, 3.05) is 24.6 Å². The highest BCUT2D eigenvalue weighted by Crippen LogP contribution is 2.41. The zero-order chi connectivity index (χ0) is 26.5. The Morgan fingerprint density at radius 3 is 2.62 bits per heavy atom. The van der Waals surface area contributed by atoms with E-state index < -0.39 is 5.82 Å². The highest BCUT2D eigenvalue weighted by atomic mass is 35.5. The van der Waals surface area contributed by atoms with Crippen LogP contribution in [-0.4, -0.2) is 39.2 Å². The number of fused-ring (bicyclic) bond motifs is 4. The van der Waals surface area contributed by atoms with Gasteiger partial charge in [0.15, 0.2) is 5.82 Å². The van der Waals surface area contributed by atoms with E-state index in [-0.39, 0.29) is 17.2 Å². The Balaban J connectivity index is 1.33. The van der Waals surface area contributed by atoms with Crippen molar-refractivity contribution < 1.29 is 9.13 Å². The van der Waals surface area contributed by atoms with Gasteiger partial charge in [0.05, 0.1) is 12.0 Å². The number of pyridine rings is 1. The fraction of sp³-hybridized carbons (Fsp3) is 0.323. The lowest BCUT2D eigenvalue weighted by atomic mass is 9.98. The van der Waals surface area contributed by atoms with Gasteiger partial charge in [-0.15, -0.1) is 0 Å². The number of hydrogen-bond donors (Lipinski definition) is 0. The lowest BCUT2D eigenvalue weighted by molar-refractivity contribution is 0.297. The van der Waals surface area contributed by atoms with Crippen LogP contribution in [0.5, 0.6) is 6.01 Å². The summed E-state index contributed by atoms with van der Waals surface area (Å²) in [5, 5.41) is 2.87. The Morgan fingerprint density at radius 2 is 1.85 bits per heavy atom. The summed E-state index contributed by atoms with van der Waals surface area (Å²) < 4.78 is 24.5. The molecule has 2 atom stereocenters. The van der Waals surface area contributed by atoms with Gasteiger partial charge in [0, 0.05) is 61.1 Å². The van der Waals surface area contributed by atoms with Gasteiger partial charge in [-0.25, -0.2) is 4.39 Å². The smallest absolute Gasteiger partial charge is 0.319 e. The molecule has 1 saturated carbocycles. The number of halogens is 2. The average Bonchev–Trinajstić information content (AvgIpc) is 3.51. The standard InChI is InChI=1S/C31H29ClFN5O/c1-37-12-10-19(16-37)11-13-39-31-35-29-24(30(36-31)38-17-20-8-9-21(14-20)18-38)15-34-28(27(29)33)23-6-2-4-22-5-3-7-25(32)26(22)23/h2-7,10,12,15-16,20-21H,8-9,11,13-14,17-18H2,1H3. The van der Waals surface area contributed by atoms with E-state index >= 15 is 4.39 Å². The molecule has 2 aromatic carbocycles. The molecule has 1 aliphatic heterocycles. The van der Waals surface area contributed by atoms with Gasteiger partial charge in [-0.05, 0) is 54.2 Å². The molecule has 2 fully saturated rings. The number of anilines is 1. The summed E-state index contributed by atoms with van der Waals surface area (Å²) in [6.07, 6.45) is 10.2. The molecule has 6 nitrogen and oxygen atoms in total. The molecule has 2 aliphatic rings. The molecule has 8 heteroatoms. The third-order valence-electron chi connectivity index (χ3n) is 8.17. The second kappa shape index (κ2) is 9.79. The van der Waals surface area contributed by atoms with Gasteiger partial charge in [0.2, 0.25) is 0 Å². The van der Waals surface area contributed by atoms with Gasteiger partial charge >= 0.3 is 6.01 Å². The lowest BCUT2D eigenvalue weighted by Gasteiger charge is -2.33. The number of benzene rings is 2. The number of piperidine rings is 1. The number of ether oxygens (including phenoxy) is 1. The Morgan fingerprint density at radius 1 is 1.05 bits per heavy atom. The van der Waals surface area contributed by atoms with Gasteiger partial charge in [-0.3, -0.25) is 4.98 Å². The summed E-state index contributed by atoms with van der Waals surface area (Å²) in [7, 11) is 1.99. The Labute approximate surface area is 231 Å². The van der Waals surface area contributed by atoms with E-state index in [1.807, 2.05) is 54.2 Å². The molecule has 1 saturated heterocycles. The maximum absolute atomic E-state index is 16.4. The quantitative estimate of drug-likeness (QED) is 0.236. The summed E-state index contributed by atoms with van der Waals surface area (Å²) >= 11 is 6.57. The van der Waals surface area contributed by atoms with Crippen molar-refractivity contribution in [1.29, 1.82) is 0 Å². The third kappa shape index (κ3) is 4.48. The molecule has 0 spiro atoms. The van der Waals surface area contributed by atoms with Crippen LogP contribution in [0.4, 0.5) is 10.2 Å². The zero-order valence-corrected chi connectivity index (χ0v) is 22.5. The summed E-state index contributed by atoms with van der Waals surface area (Å²) in [4.78, 5) is 16.3. The van der Waals surface area contributed by atoms with E-state index in [1.54, 1.807) is 6.20 Å². The van der Waals surface area contributed by atoms with Crippen molar-refractivity contribution in [2.45, 2.75) is 25.7 Å². The number of aromatic nitrogens is 4. The van der Waals surface area contributed by atoms with Crippen LogP contribution in [0.2, 0.25) is 5.02 Å². The minimum atomic E-state index is -0.489.